The SMILES string of the molecule is CC(C)OCCOC(=O)CC(N)CC(C)(C)C. The van der Waals surface area contributed by atoms with E-state index in [-0.39, 0.29) is 30.0 Å². The minimum Gasteiger partial charge on any atom is -0.463 e. The number of nitrogens with two attached hydrogens (primary N) is 1. The fraction of sp³-hybridized carbons (Fsp3) is 0.923. The Morgan fingerprint density at radius 1 is 1.24 bits per heavy atom. The van der Waals surface area contributed by atoms with Crippen molar-refractivity contribution < 1.29 is 14.3 Å². The summed E-state index contributed by atoms with van der Waals surface area (Å²) in [7, 11) is 0. The van der Waals surface area contributed by atoms with Crippen LogP contribution in [0.25, 0.3) is 0 Å². The average Bonchev–Trinajstić information content (AvgIpc) is 2.08. The van der Waals surface area contributed by atoms with Crippen molar-refractivity contribution in [1.82, 2.24) is 0 Å². The number of carbonyl (C=O) groups excluding carboxylic acids is 1. The summed E-state index contributed by atoms with van der Waals surface area (Å²) in [6.07, 6.45) is 1.25. The van der Waals surface area contributed by atoms with Gasteiger partial charge < -0.3 is 15.2 Å². The fourth-order valence-corrected chi connectivity index (χ4v) is 1.57. The fourth-order valence-electron chi connectivity index (χ4n) is 1.57. The molecule has 0 rings (SSSR count). The highest BCUT2D eigenvalue weighted by molar-refractivity contribution is 5.70. The molecule has 0 saturated heterocycles. The van der Waals surface area contributed by atoms with Gasteiger partial charge in [0.1, 0.15) is 6.61 Å². The van der Waals surface area contributed by atoms with Crippen LogP contribution in [0.15, 0.2) is 0 Å². The Balaban J connectivity index is 3.65. The molecule has 0 aliphatic rings. The topological polar surface area (TPSA) is 61.5 Å². The zero-order valence-corrected chi connectivity index (χ0v) is 11.8. The maximum atomic E-state index is 11.4. The molecule has 0 aromatic carbocycles. The Hall–Kier alpha value is -0.610. The van der Waals surface area contributed by atoms with Crippen LogP contribution >= 0.6 is 0 Å². The van der Waals surface area contributed by atoms with Gasteiger partial charge >= 0.3 is 5.97 Å². The van der Waals surface area contributed by atoms with E-state index in [0.29, 0.717) is 13.2 Å². The summed E-state index contributed by atoms with van der Waals surface area (Å²) in [6, 6.07) is -0.131. The molecular weight excluding hydrogens is 218 g/mol. The predicted octanol–water partition coefficient (Wildman–Crippen LogP) is 2.11. The standard InChI is InChI=1S/C13H27NO3/c1-10(2)16-6-7-17-12(15)8-11(14)9-13(3,4)5/h10-11H,6-9,14H2,1-5H3. The molecule has 1 unspecified atom stereocenters. The molecule has 17 heavy (non-hydrogen) atoms. The van der Waals surface area contributed by atoms with Gasteiger partial charge in [-0.2, -0.15) is 0 Å². The first kappa shape index (κ1) is 16.4. The second kappa shape index (κ2) is 7.67. The maximum absolute atomic E-state index is 11.4. The molecule has 0 aliphatic carbocycles. The third kappa shape index (κ3) is 11.6. The van der Waals surface area contributed by atoms with Gasteiger partial charge in [-0.25, -0.2) is 0 Å². The molecule has 0 amide bonds. The van der Waals surface area contributed by atoms with Gasteiger partial charge in [0.05, 0.1) is 19.1 Å². The molecule has 0 saturated carbocycles. The first-order chi connectivity index (χ1) is 7.70. The van der Waals surface area contributed by atoms with E-state index >= 15 is 0 Å². The van der Waals surface area contributed by atoms with Crippen molar-refractivity contribution in [2.24, 2.45) is 11.1 Å². The van der Waals surface area contributed by atoms with Gasteiger partial charge in [-0.05, 0) is 25.7 Å². The van der Waals surface area contributed by atoms with Gasteiger partial charge in [-0.3, -0.25) is 4.79 Å². The highest BCUT2D eigenvalue weighted by Crippen LogP contribution is 2.21. The lowest BCUT2D eigenvalue weighted by Crippen LogP contribution is -2.30. The Bertz CT molecular complexity index is 221. The van der Waals surface area contributed by atoms with Crippen molar-refractivity contribution in [2.75, 3.05) is 13.2 Å². The van der Waals surface area contributed by atoms with Crippen LogP contribution in [0, 0.1) is 5.41 Å². The molecule has 0 radical (unpaired) electrons. The summed E-state index contributed by atoms with van der Waals surface area (Å²) in [6.45, 7) is 11.0. The molecule has 0 aliphatic heterocycles. The van der Waals surface area contributed by atoms with Crippen LogP contribution in [0.2, 0.25) is 0 Å². The molecule has 0 aromatic rings. The van der Waals surface area contributed by atoms with Gasteiger partial charge in [-0.15, -0.1) is 0 Å². The van der Waals surface area contributed by atoms with Gasteiger partial charge in [0, 0.05) is 6.04 Å². The number of ether oxygens (including phenoxy) is 2. The second-order valence-corrected chi connectivity index (χ2v) is 5.87. The normalized spacial score (nSPS) is 13.8. The molecule has 0 bridgehead atoms. The lowest BCUT2D eigenvalue weighted by Gasteiger charge is -2.22. The Labute approximate surface area is 105 Å². The van der Waals surface area contributed by atoms with Crippen LogP contribution in [0.3, 0.4) is 0 Å². The molecule has 4 heteroatoms. The molecule has 2 N–H and O–H groups in total. The Morgan fingerprint density at radius 3 is 2.29 bits per heavy atom. The average molecular weight is 245 g/mol. The third-order valence-corrected chi connectivity index (χ3v) is 2.10. The molecular formula is C13H27NO3. The van der Waals surface area contributed by atoms with E-state index in [1.54, 1.807) is 0 Å². The first-order valence-electron chi connectivity index (χ1n) is 6.23. The van der Waals surface area contributed by atoms with Crippen LogP contribution in [0.1, 0.15) is 47.5 Å². The van der Waals surface area contributed by atoms with Gasteiger partial charge in [0.15, 0.2) is 0 Å². The Kier molecular flexibility index (Phi) is 7.39. The highest BCUT2D eigenvalue weighted by atomic mass is 16.6. The van der Waals surface area contributed by atoms with Crippen molar-refractivity contribution in [3.05, 3.63) is 0 Å². The Morgan fingerprint density at radius 2 is 1.82 bits per heavy atom. The number of esters is 1. The van der Waals surface area contributed by atoms with Crippen molar-refractivity contribution in [2.45, 2.75) is 59.6 Å². The number of rotatable bonds is 7. The van der Waals surface area contributed by atoms with Gasteiger partial charge in [0.2, 0.25) is 0 Å². The molecule has 4 nitrogen and oxygen atoms in total. The van der Waals surface area contributed by atoms with E-state index in [9.17, 15) is 4.79 Å². The smallest absolute Gasteiger partial charge is 0.307 e. The second-order valence-electron chi connectivity index (χ2n) is 5.87. The van der Waals surface area contributed by atoms with Crippen LogP contribution < -0.4 is 5.73 Å². The van der Waals surface area contributed by atoms with Crippen molar-refractivity contribution in [1.29, 1.82) is 0 Å². The highest BCUT2D eigenvalue weighted by Gasteiger charge is 2.18. The third-order valence-electron chi connectivity index (χ3n) is 2.10. The summed E-state index contributed by atoms with van der Waals surface area (Å²) >= 11 is 0. The van der Waals surface area contributed by atoms with E-state index in [4.69, 9.17) is 15.2 Å². The number of carbonyl (C=O) groups is 1. The monoisotopic (exact) mass is 245 g/mol. The minimum absolute atomic E-state index is 0.131. The van der Waals surface area contributed by atoms with Crippen molar-refractivity contribution in [3.8, 4) is 0 Å². The van der Waals surface area contributed by atoms with Crippen LogP contribution in [-0.4, -0.2) is 31.3 Å². The molecule has 0 heterocycles. The quantitative estimate of drug-likeness (QED) is 0.551. The molecule has 0 spiro atoms. The molecule has 0 aromatic heterocycles. The van der Waals surface area contributed by atoms with Crippen LogP contribution in [0.5, 0.6) is 0 Å². The number of hydrogen-bond acceptors (Lipinski definition) is 4. The summed E-state index contributed by atoms with van der Waals surface area (Å²) in [5, 5.41) is 0. The zero-order valence-electron chi connectivity index (χ0n) is 11.8. The van der Waals surface area contributed by atoms with Gasteiger partial charge in [-0.1, -0.05) is 20.8 Å². The lowest BCUT2D eigenvalue weighted by molar-refractivity contribution is -0.146. The molecule has 102 valence electrons. The summed E-state index contributed by atoms with van der Waals surface area (Å²) in [5.41, 5.74) is 6.02. The predicted molar refractivity (Wildman–Crippen MR) is 68.7 cm³/mol. The molecule has 0 fully saturated rings. The largest absolute Gasteiger partial charge is 0.463 e. The van der Waals surface area contributed by atoms with Crippen LogP contribution in [-0.2, 0) is 14.3 Å². The maximum Gasteiger partial charge on any atom is 0.307 e. The van der Waals surface area contributed by atoms with E-state index in [2.05, 4.69) is 20.8 Å². The summed E-state index contributed by atoms with van der Waals surface area (Å²) in [4.78, 5) is 11.4. The van der Waals surface area contributed by atoms with Crippen LogP contribution in [0.4, 0.5) is 0 Å². The summed E-state index contributed by atoms with van der Waals surface area (Å²) < 4.78 is 10.3. The molecule has 1 atom stereocenters. The zero-order chi connectivity index (χ0) is 13.5. The number of hydrogen-bond donors (Lipinski definition) is 1. The van der Waals surface area contributed by atoms with Crippen molar-refractivity contribution in [3.63, 3.8) is 0 Å². The van der Waals surface area contributed by atoms with Gasteiger partial charge in [0.25, 0.3) is 0 Å². The van der Waals surface area contributed by atoms with Crippen molar-refractivity contribution >= 4 is 5.97 Å². The summed E-state index contributed by atoms with van der Waals surface area (Å²) in [5.74, 6) is -0.242. The minimum atomic E-state index is -0.242. The lowest BCUT2D eigenvalue weighted by atomic mass is 9.87. The first-order valence-corrected chi connectivity index (χ1v) is 6.23. The van der Waals surface area contributed by atoms with E-state index in [1.165, 1.54) is 0 Å². The van der Waals surface area contributed by atoms with E-state index in [0.717, 1.165) is 6.42 Å². The van der Waals surface area contributed by atoms with E-state index < -0.39 is 0 Å². The van der Waals surface area contributed by atoms with E-state index in [1.807, 2.05) is 13.8 Å².